The summed E-state index contributed by atoms with van der Waals surface area (Å²) < 4.78 is 14.8. The number of carbonyl (C=O) groups excluding carboxylic acids is 2. The molecule has 1 aromatic heterocycles. The number of aryl methyl sites for hydroxylation is 1. The topological polar surface area (TPSA) is 76.0 Å². The molecule has 0 fully saturated rings. The lowest BCUT2D eigenvalue weighted by Gasteiger charge is -2.11. The van der Waals surface area contributed by atoms with Crippen molar-refractivity contribution >= 4 is 35.0 Å². The zero-order chi connectivity index (χ0) is 19.2. The molecule has 2 aromatic carbocycles. The second-order valence-corrected chi connectivity index (χ2v) is 6.61. The molecular formula is C19H17FN4O2S. The van der Waals surface area contributed by atoms with Crippen LogP contribution in [0.4, 0.5) is 15.8 Å². The van der Waals surface area contributed by atoms with Gasteiger partial charge in [-0.05, 0) is 36.4 Å². The molecule has 0 radical (unpaired) electrons. The van der Waals surface area contributed by atoms with Crippen LogP contribution in [0.2, 0.25) is 0 Å². The summed E-state index contributed by atoms with van der Waals surface area (Å²) in [7, 11) is 1.85. The maximum atomic E-state index is 13.0. The number of rotatable bonds is 6. The van der Waals surface area contributed by atoms with Crippen LogP contribution in [0, 0.1) is 5.82 Å². The van der Waals surface area contributed by atoms with Crippen LogP contribution >= 0.6 is 11.8 Å². The van der Waals surface area contributed by atoms with Gasteiger partial charge in [0.2, 0.25) is 5.91 Å². The Morgan fingerprint density at radius 1 is 1.11 bits per heavy atom. The Labute approximate surface area is 159 Å². The molecular weight excluding hydrogens is 367 g/mol. The molecule has 0 unspecified atom stereocenters. The molecule has 0 bridgehead atoms. The molecule has 6 nitrogen and oxygen atoms in total. The normalized spacial score (nSPS) is 10.4. The number of amides is 2. The first-order valence-corrected chi connectivity index (χ1v) is 9.07. The summed E-state index contributed by atoms with van der Waals surface area (Å²) in [6.07, 6.45) is 3.46. The minimum Gasteiger partial charge on any atom is -0.329 e. The highest BCUT2D eigenvalue weighted by atomic mass is 32.2. The van der Waals surface area contributed by atoms with Crippen molar-refractivity contribution in [2.45, 2.75) is 5.16 Å². The van der Waals surface area contributed by atoms with Gasteiger partial charge in [-0.1, -0.05) is 23.9 Å². The van der Waals surface area contributed by atoms with Crippen molar-refractivity contribution < 1.29 is 14.0 Å². The molecule has 0 aliphatic heterocycles. The van der Waals surface area contributed by atoms with E-state index in [1.807, 2.05) is 11.6 Å². The van der Waals surface area contributed by atoms with E-state index in [0.29, 0.717) is 16.9 Å². The molecule has 1 heterocycles. The number of hydrogen-bond acceptors (Lipinski definition) is 4. The van der Waals surface area contributed by atoms with Crippen LogP contribution in [0.1, 0.15) is 10.4 Å². The first kappa shape index (κ1) is 18.7. The summed E-state index contributed by atoms with van der Waals surface area (Å²) in [5, 5.41) is 6.17. The first-order chi connectivity index (χ1) is 13.0. The van der Waals surface area contributed by atoms with Gasteiger partial charge in [-0.2, -0.15) is 0 Å². The van der Waals surface area contributed by atoms with Gasteiger partial charge in [0.25, 0.3) is 5.91 Å². The molecule has 27 heavy (non-hydrogen) atoms. The predicted molar refractivity (Wildman–Crippen MR) is 103 cm³/mol. The molecule has 3 rings (SSSR count). The lowest BCUT2D eigenvalue weighted by Crippen LogP contribution is -2.19. The number of imidazole rings is 1. The number of benzene rings is 2. The molecule has 2 N–H and O–H groups in total. The summed E-state index contributed by atoms with van der Waals surface area (Å²) >= 11 is 1.30. The van der Waals surface area contributed by atoms with Crippen molar-refractivity contribution in [3.05, 3.63) is 72.3 Å². The Bertz CT molecular complexity index is 956. The van der Waals surface area contributed by atoms with E-state index in [1.54, 1.807) is 36.7 Å². The second kappa shape index (κ2) is 8.50. The quantitative estimate of drug-likeness (QED) is 0.638. The third kappa shape index (κ3) is 4.95. The monoisotopic (exact) mass is 384 g/mol. The molecule has 8 heteroatoms. The number of nitrogens with zero attached hydrogens (tertiary/aromatic N) is 2. The lowest BCUT2D eigenvalue weighted by molar-refractivity contribution is -0.113. The van der Waals surface area contributed by atoms with E-state index < -0.39 is 5.91 Å². The number of carbonyl (C=O) groups is 2. The summed E-state index contributed by atoms with van der Waals surface area (Å²) in [6, 6.07) is 12.2. The Morgan fingerprint density at radius 2 is 1.85 bits per heavy atom. The Kier molecular flexibility index (Phi) is 5.87. The van der Waals surface area contributed by atoms with Gasteiger partial charge in [-0.3, -0.25) is 9.59 Å². The number of hydrogen-bond donors (Lipinski definition) is 2. The van der Waals surface area contributed by atoms with E-state index >= 15 is 0 Å². The highest BCUT2D eigenvalue weighted by molar-refractivity contribution is 7.99. The van der Waals surface area contributed by atoms with Crippen molar-refractivity contribution in [1.29, 1.82) is 0 Å². The molecule has 0 atom stereocenters. The van der Waals surface area contributed by atoms with Gasteiger partial charge in [-0.15, -0.1) is 0 Å². The van der Waals surface area contributed by atoms with E-state index in [0.717, 1.165) is 5.16 Å². The van der Waals surface area contributed by atoms with Crippen LogP contribution < -0.4 is 10.6 Å². The predicted octanol–water partition coefficient (Wildman–Crippen LogP) is 3.54. The van der Waals surface area contributed by atoms with E-state index in [9.17, 15) is 14.0 Å². The lowest BCUT2D eigenvalue weighted by atomic mass is 10.1. The van der Waals surface area contributed by atoms with Gasteiger partial charge in [-0.25, -0.2) is 9.37 Å². The van der Waals surface area contributed by atoms with E-state index in [1.165, 1.54) is 36.0 Å². The first-order valence-electron chi connectivity index (χ1n) is 8.09. The van der Waals surface area contributed by atoms with Crippen molar-refractivity contribution in [2.75, 3.05) is 16.4 Å². The van der Waals surface area contributed by atoms with Crippen LogP contribution in [0.15, 0.2) is 66.1 Å². The summed E-state index contributed by atoms with van der Waals surface area (Å²) in [6.45, 7) is 0. The molecule has 0 saturated carbocycles. The number of nitrogens with one attached hydrogen (secondary N) is 2. The van der Waals surface area contributed by atoms with Gasteiger partial charge in [0.1, 0.15) is 5.82 Å². The zero-order valence-corrected chi connectivity index (χ0v) is 15.3. The fourth-order valence-electron chi connectivity index (χ4n) is 2.33. The van der Waals surface area contributed by atoms with Crippen molar-refractivity contribution in [1.82, 2.24) is 9.55 Å². The number of para-hydroxylation sites is 1. The largest absolute Gasteiger partial charge is 0.329 e. The van der Waals surface area contributed by atoms with Gasteiger partial charge in [0.15, 0.2) is 5.16 Å². The van der Waals surface area contributed by atoms with Crippen molar-refractivity contribution in [2.24, 2.45) is 7.05 Å². The fourth-order valence-corrected chi connectivity index (χ4v) is 3.06. The molecule has 0 aliphatic rings. The molecule has 0 aliphatic carbocycles. The van der Waals surface area contributed by atoms with E-state index in [2.05, 4.69) is 15.6 Å². The highest BCUT2D eigenvalue weighted by Crippen LogP contribution is 2.19. The SMILES string of the molecule is Cn1ccnc1SCC(=O)Nc1ccccc1C(=O)Nc1ccc(F)cc1. The minimum absolute atomic E-state index is 0.165. The third-order valence-corrected chi connectivity index (χ3v) is 4.72. The summed E-state index contributed by atoms with van der Waals surface area (Å²) in [4.78, 5) is 28.9. The van der Waals surface area contributed by atoms with Crippen LogP contribution in [0.25, 0.3) is 0 Å². The number of anilines is 2. The van der Waals surface area contributed by atoms with Gasteiger partial charge in [0.05, 0.1) is 17.0 Å². The van der Waals surface area contributed by atoms with Crippen molar-refractivity contribution in [3.8, 4) is 0 Å². The summed E-state index contributed by atoms with van der Waals surface area (Å²) in [5.41, 5.74) is 1.19. The number of halogens is 1. The maximum Gasteiger partial charge on any atom is 0.257 e. The van der Waals surface area contributed by atoms with Gasteiger partial charge >= 0.3 is 0 Å². The Morgan fingerprint density at radius 3 is 2.56 bits per heavy atom. The highest BCUT2D eigenvalue weighted by Gasteiger charge is 2.14. The average molecular weight is 384 g/mol. The molecule has 3 aromatic rings. The third-order valence-electron chi connectivity index (χ3n) is 3.66. The molecule has 0 saturated heterocycles. The van der Waals surface area contributed by atoms with Crippen LogP contribution in [-0.2, 0) is 11.8 Å². The second-order valence-electron chi connectivity index (χ2n) is 5.66. The van der Waals surface area contributed by atoms with Gasteiger partial charge in [0, 0.05) is 25.1 Å². The van der Waals surface area contributed by atoms with Crippen LogP contribution in [0.3, 0.4) is 0 Å². The van der Waals surface area contributed by atoms with Crippen LogP contribution in [0.5, 0.6) is 0 Å². The molecule has 2 amide bonds. The standard InChI is InChI=1S/C19H17FN4O2S/c1-24-11-10-21-19(24)27-12-17(25)23-16-5-3-2-4-15(16)18(26)22-14-8-6-13(20)7-9-14/h2-11H,12H2,1H3,(H,22,26)(H,23,25). The van der Waals surface area contributed by atoms with Crippen LogP contribution in [-0.4, -0.2) is 27.1 Å². The maximum absolute atomic E-state index is 13.0. The summed E-state index contributed by atoms with van der Waals surface area (Å²) in [5.74, 6) is -0.858. The smallest absolute Gasteiger partial charge is 0.257 e. The average Bonchev–Trinajstić information content (AvgIpc) is 3.07. The molecule has 138 valence electrons. The number of aromatic nitrogens is 2. The fraction of sp³-hybridized carbons (Fsp3) is 0.105. The van der Waals surface area contributed by atoms with E-state index in [4.69, 9.17) is 0 Å². The van der Waals surface area contributed by atoms with E-state index in [-0.39, 0.29) is 17.5 Å². The minimum atomic E-state index is -0.394. The van der Waals surface area contributed by atoms with Crippen molar-refractivity contribution in [3.63, 3.8) is 0 Å². The Balaban J connectivity index is 1.66. The van der Waals surface area contributed by atoms with Gasteiger partial charge < -0.3 is 15.2 Å². The zero-order valence-electron chi connectivity index (χ0n) is 14.5. The molecule has 0 spiro atoms. The Hall–Kier alpha value is -3.13. The number of thioether (sulfide) groups is 1.